The first kappa shape index (κ1) is 17.0. The lowest BCUT2D eigenvalue weighted by Gasteiger charge is -2.48. The molecule has 2 aromatic carbocycles. The standard InChI is InChI=1S/C23H23N3O2/c1-3-14-8-10-15(11-9-14)17-13-26-19(27)12-24-22(28)23(26,2)21-20(17)16-6-4-5-7-18(16)25-21/h4-11,17,25H,3,12-13H2,1-2H3,(H,24,28)/t17-,23-/m1/s1. The summed E-state index contributed by atoms with van der Waals surface area (Å²) in [7, 11) is 0. The Labute approximate surface area is 163 Å². The number of carbonyl (C=O) groups is 2. The van der Waals surface area contributed by atoms with Gasteiger partial charge in [-0.2, -0.15) is 0 Å². The number of rotatable bonds is 2. The molecule has 3 aromatic rings. The quantitative estimate of drug-likeness (QED) is 0.725. The lowest BCUT2D eigenvalue weighted by atomic mass is 9.76. The fraction of sp³-hybridized carbons (Fsp3) is 0.304. The zero-order valence-corrected chi connectivity index (χ0v) is 16.1. The van der Waals surface area contributed by atoms with Gasteiger partial charge in [-0.3, -0.25) is 9.59 Å². The molecule has 0 bridgehead atoms. The minimum absolute atomic E-state index is 0.0278. The van der Waals surface area contributed by atoms with Gasteiger partial charge >= 0.3 is 0 Å². The lowest BCUT2D eigenvalue weighted by Crippen LogP contribution is -2.66. The van der Waals surface area contributed by atoms with Crippen LogP contribution in [-0.2, 0) is 21.5 Å². The summed E-state index contributed by atoms with van der Waals surface area (Å²) in [6.45, 7) is 4.56. The van der Waals surface area contributed by atoms with Crippen molar-refractivity contribution < 1.29 is 9.59 Å². The Hall–Kier alpha value is -3.08. The van der Waals surface area contributed by atoms with Crippen LogP contribution in [0.25, 0.3) is 10.9 Å². The Morgan fingerprint density at radius 3 is 2.61 bits per heavy atom. The first-order chi connectivity index (χ1) is 13.5. The summed E-state index contributed by atoms with van der Waals surface area (Å²) in [6.07, 6.45) is 0.992. The molecule has 1 aromatic heterocycles. The van der Waals surface area contributed by atoms with Crippen molar-refractivity contribution in [2.75, 3.05) is 13.1 Å². The molecule has 5 nitrogen and oxygen atoms in total. The molecule has 5 heteroatoms. The third-order valence-corrected chi connectivity index (χ3v) is 6.42. The molecule has 0 saturated carbocycles. The average molecular weight is 373 g/mol. The van der Waals surface area contributed by atoms with Crippen LogP contribution in [0.3, 0.4) is 0 Å². The van der Waals surface area contributed by atoms with Gasteiger partial charge in [-0.1, -0.05) is 49.4 Å². The molecule has 0 radical (unpaired) electrons. The van der Waals surface area contributed by atoms with Gasteiger partial charge in [0.05, 0.1) is 12.2 Å². The minimum Gasteiger partial charge on any atom is -0.356 e. The van der Waals surface area contributed by atoms with E-state index in [1.54, 1.807) is 4.90 Å². The summed E-state index contributed by atoms with van der Waals surface area (Å²) in [6, 6.07) is 16.8. The number of nitrogens with one attached hydrogen (secondary N) is 2. The highest BCUT2D eigenvalue weighted by atomic mass is 16.2. The van der Waals surface area contributed by atoms with Gasteiger partial charge < -0.3 is 15.2 Å². The van der Waals surface area contributed by atoms with Crippen LogP contribution in [-0.4, -0.2) is 34.8 Å². The summed E-state index contributed by atoms with van der Waals surface area (Å²) in [4.78, 5) is 30.9. The molecule has 5 rings (SSSR count). The highest BCUT2D eigenvalue weighted by Crippen LogP contribution is 2.46. The molecule has 2 aliphatic heterocycles. The molecule has 0 aliphatic carbocycles. The van der Waals surface area contributed by atoms with E-state index in [1.165, 1.54) is 11.1 Å². The maximum absolute atomic E-state index is 12.9. The van der Waals surface area contributed by atoms with E-state index < -0.39 is 5.54 Å². The van der Waals surface area contributed by atoms with Gasteiger partial charge in [0.25, 0.3) is 5.91 Å². The molecular weight excluding hydrogens is 350 g/mol. The van der Waals surface area contributed by atoms with Crippen LogP contribution >= 0.6 is 0 Å². The number of benzene rings is 2. The summed E-state index contributed by atoms with van der Waals surface area (Å²) >= 11 is 0. The molecule has 0 spiro atoms. The van der Waals surface area contributed by atoms with E-state index in [2.05, 4.69) is 47.6 Å². The maximum Gasteiger partial charge on any atom is 0.252 e. The number of aromatic amines is 1. The van der Waals surface area contributed by atoms with Crippen LogP contribution in [0.1, 0.15) is 42.1 Å². The fourth-order valence-corrected chi connectivity index (χ4v) is 4.77. The van der Waals surface area contributed by atoms with E-state index in [9.17, 15) is 9.59 Å². The Balaban J connectivity index is 1.77. The number of piperazine rings is 1. The van der Waals surface area contributed by atoms with Gasteiger partial charge in [0.15, 0.2) is 5.54 Å². The number of fused-ring (bicyclic) bond motifs is 5. The smallest absolute Gasteiger partial charge is 0.252 e. The van der Waals surface area contributed by atoms with E-state index in [0.717, 1.165) is 28.6 Å². The van der Waals surface area contributed by atoms with Gasteiger partial charge in [-0.05, 0) is 36.1 Å². The van der Waals surface area contributed by atoms with Crippen LogP contribution in [0.15, 0.2) is 48.5 Å². The number of hydrogen-bond acceptors (Lipinski definition) is 2. The molecule has 1 fully saturated rings. The number of para-hydroxylation sites is 1. The molecule has 28 heavy (non-hydrogen) atoms. The van der Waals surface area contributed by atoms with Crippen molar-refractivity contribution in [1.82, 2.24) is 15.2 Å². The topological polar surface area (TPSA) is 65.2 Å². The Kier molecular flexibility index (Phi) is 3.63. The second-order valence-electron chi connectivity index (χ2n) is 7.87. The van der Waals surface area contributed by atoms with Crippen molar-refractivity contribution in [3.05, 3.63) is 70.9 Å². The number of aromatic nitrogens is 1. The SMILES string of the molecule is CCc1ccc([C@H]2CN3C(=O)CNC(=O)[C@@]3(C)c3[nH]c4ccccc4c32)cc1. The second-order valence-corrected chi connectivity index (χ2v) is 7.87. The van der Waals surface area contributed by atoms with E-state index in [0.29, 0.717) is 6.54 Å². The summed E-state index contributed by atoms with van der Waals surface area (Å²) < 4.78 is 0. The highest BCUT2D eigenvalue weighted by molar-refractivity contribution is 6.01. The molecule has 3 heterocycles. The normalized spacial score (nSPS) is 24.1. The van der Waals surface area contributed by atoms with Gasteiger partial charge in [0, 0.05) is 23.4 Å². The highest BCUT2D eigenvalue weighted by Gasteiger charge is 2.53. The van der Waals surface area contributed by atoms with Crippen molar-refractivity contribution in [2.45, 2.75) is 31.7 Å². The number of carbonyl (C=O) groups excluding carboxylic acids is 2. The molecule has 2 N–H and O–H groups in total. The zero-order chi connectivity index (χ0) is 19.5. The number of amides is 2. The van der Waals surface area contributed by atoms with Crippen LogP contribution in [0.4, 0.5) is 0 Å². The first-order valence-corrected chi connectivity index (χ1v) is 9.82. The predicted octanol–water partition coefficient (Wildman–Crippen LogP) is 3.05. The number of nitrogens with zero attached hydrogens (tertiary/aromatic N) is 1. The van der Waals surface area contributed by atoms with Crippen molar-refractivity contribution >= 4 is 22.7 Å². The van der Waals surface area contributed by atoms with Gasteiger partial charge in [0.1, 0.15) is 0 Å². The summed E-state index contributed by atoms with van der Waals surface area (Å²) in [5, 5.41) is 3.90. The Morgan fingerprint density at radius 1 is 1.11 bits per heavy atom. The largest absolute Gasteiger partial charge is 0.356 e. The molecule has 0 unspecified atom stereocenters. The van der Waals surface area contributed by atoms with E-state index >= 15 is 0 Å². The lowest BCUT2D eigenvalue weighted by molar-refractivity contribution is -0.154. The number of aryl methyl sites for hydroxylation is 1. The Bertz CT molecular complexity index is 1100. The summed E-state index contributed by atoms with van der Waals surface area (Å²) in [5.74, 6) is -0.138. The minimum atomic E-state index is -1.01. The number of hydrogen-bond donors (Lipinski definition) is 2. The molecule has 2 aliphatic rings. The van der Waals surface area contributed by atoms with E-state index in [-0.39, 0.29) is 24.3 Å². The number of H-pyrrole nitrogens is 1. The van der Waals surface area contributed by atoms with Crippen molar-refractivity contribution in [3.8, 4) is 0 Å². The average Bonchev–Trinajstić information content (AvgIpc) is 3.12. The third-order valence-electron chi connectivity index (χ3n) is 6.42. The molecule has 2 amide bonds. The monoisotopic (exact) mass is 373 g/mol. The van der Waals surface area contributed by atoms with Crippen LogP contribution in [0, 0.1) is 0 Å². The van der Waals surface area contributed by atoms with Crippen molar-refractivity contribution in [1.29, 1.82) is 0 Å². The molecule has 2 atom stereocenters. The zero-order valence-electron chi connectivity index (χ0n) is 16.1. The van der Waals surface area contributed by atoms with Crippen molar-refractivity contribution in [3.63, 3.8) is 0 Å². The predicted molar refractivity (Wildman–Crippen MR) is 108 cm³/mol. The van der Waals surface area contributed by atoms with Crippen LogP contribution in [0.5, 0.6) is 0 Å². The van der Waals surface area contributed by atoms with Gasteiger partial charge in [-0.15, -0.1) is 0 Å². The van der Waals surface area contributed by atoms with Gasteiger partial charge in [-0.25, -0.2) is 0 Å². The first-order valence-electron chi connectivity index (χ1n) is 9.82. The molecule has 142 valence electrons. The van der Waals surface area contributed by atoms with Crippen LogP contribution < -0.4 is 5.32 Å². The molecular formula is C23H23N3O2. The molecule has 1 saturated heterocycles. The van der Waals surface area contributed by atoms with E-state index in [1.807, 2.05) is 25.1 Å². The third kappa shape index (κ3) is 2.19. The second kappa shape index (κ2) is 5.96. The van der Waals surface area contributed by atoms with Crippen molar-refractivity contribution in [2.24, 2.45) is 0 Å². The maximum atomic E-state index is 12.9. The fourth-order valence-electron chi connectivity index (χ4n) is 4.77. The Morgan fingerprint density at radius 2 is 1.86 bits per heavy atom. The summed E-state index contributed by atoms with van der Waals surface area (Å²) in [5.41, 5.74) is 4.40. The van der Waals surface area contributed by atoms with Crippen LogP contribution in [0.2, 0.25) is 0 Å². The van der Waals surface area contributed by atoms with Gasteiger partial charge in [0.2, 0.25) is 5.91 Å². The van der Waals surface area contributed by atoms with E-state index in [4.69, 9.17) is 0 Å².